The topological polar surface area (TPSA) is 37.3 Å². The summed E-state index contributed by atoms with van der Waals surface area (Å²) in [5.41, 5.74) is 0.456. The van der Waals surface area contributed by atoms with Crippen molar-refractivity contribution in [1.29, 1.82) is 0 Å². The molecule has 1 N–H and O–H groups in total. The van der Waals surface area contributed by atoms with E-state index in [-0.39, 0.29) is 11.2 Å². The smallest absolute Gasteiger partial charge is 0.158 e. The molecule has 1 aliphatic carbocycles. The number of hydrogen-bond acceptors (Lipinski definition) is 2. The molecule has 0 aromatic rings. The van der Waals surface area contributed by atoms with Crippen LogP contribution in [-0.4, -0.2) is 16.5 Å². The number of Topliss-reactive ketones (excluding diaryl/α,β-unsaturated/α-hetero) is 1. The molecular weight excluding hydrogens is 212 g/mol. The molecule has 1 unspecified atom stereocenters. The maximum absolute atomic E-state index is 11.7. The maximum atomic E-state index is 11.7. The minimum absolute atomic E-state index is 0.0425. The van der Waals surface area contributed by atoms with Crippen molar-refractivity contribution in [2.75, 3.05) is 0 Å². The molecule has 0 radical (unpaired) electrons. The van der Waals surface area contributed by atoms with Crippen molar-refractivity contribution in [1.82, 2.24) is 0 Å². The van der Waals surface area contributed by atoms with Gasteiger partial charge in [0.25, 0.3) is 0 Å². The normalized spacial score (nSPS) is 23.6. The zero-order valence-electron chi connectivity index (χ0n) is 11.0. The highest BCUT2D eigenvalue weighted by Crippen LogP contribution is 2.39. The van der Waals surface area contributed by atoms with Gasteiger partial charge < -0.3 is 5.11 Å². The van der Waals surface area contributed by atoms with E-state index >= 15 is 0 Å². The van der Waals surface area contributed by atoms with Crippen LogP contribution in [0.4, 0.5) is 0 Å². The fourth-order valence-electron chi connectivity index (χ4n) is 2.05. The van der Waals surface area contributed by atoms with Gasteiger partial charge >= 0.3 is 0 Å². The second-order valence-corrected chi connectivity index (χ2v) is 5.47. The Morgan fingerprint density at radius 3 is 2.65 bits per heavy atom. The van der Waals surface area contributed by atoms with Crippen LogP contribution in [0.5, 0.6) is 0 Å². The number of allylic oxidation sites excluding steroid dienone is 3. The summed E-state index contributed by atoms with van der Waals surface area (Å²) in [5, 5.41) is 9.75. The van der Waals surface area contributed by atoms with E-state index in [1.807, 2.05) is 6.92 Å². The largest absolute Gasteiger partial charge is 0.374 e. The van der Waals surface area contributed by atoms with E-state index < -0.39 is 5.60 Å². The highest BCUT2D eigenvalue weighted by molar-refractivity contribution is 5.97. The molecule has 0 aliphatic heterocycles. The van der Waals surface area contributed by atoms with Crippen LogP contribution in [0.25, 0.3) is 0 Å². The van der Waals surface area contributed by atoms with Crippen LogP contribution in [0.2, 0.25) is 0 Å². The van der Waals surface area contributed by atoms with E-state index in [1.165, 1.54) is 0 Å². The van der Waals surface area contributed by atoms with E-state index in [4.69, 9.17) is 6.42 Å². The van der Waals surface area contributed by atoms with E-state index in [9.17, 15) is 9.90 Å². The molecule has 0 bridgehead atoms. The Bertz CT molecular complexity index is 428. The first-order chi connectivity index (χ1) is 7.69. The van der Waals surface area contributed by atoms with Crippen LogP contribution >= 0.6 is 0 Å². The zero-order valence-corrected chi connectivity index (χ0v) is 11.0. The Labute approximate surface area is 103 Å². The highest BCUT2D eigenvalue weighted by Gasteiger charge is 2.31. The van der Waals surface area contributed by atoms with E-state index in [0.29, 0.717) is 6.42 Å². The number of carbonyl (C=O) groups is 1. The second kappa shape index (κ2) is 4.50. The monoisotopic (exact) mass is 232 g/mol. The van der Waals surface area contributed by atoms with Crippen LogP contribution in [0.1, 0.15) is 40.5 Å². The maximum Gasteiger partial charge on any atom is 0.158 e. The summed E-state index contributed by atoms with van der Waals surface area (Å²) in [6, 6.07) is 0. The third-order valence-corrected chi connectivity index (χ3v) is 3.40. The summed E-state index contributed by atoms with van der Waals surface area (Å²) in [6.45, 7) is 7.60. The van der Waals surface area contributed by atoms with E-state index in [2.05, 4.69) is 19.8 Å². The SMILES string of the molecule is C#CC(C)(O)C=CC1=C(C)C(=O)CCC1(C)C. The lowest BCUT2D eigenvalue weighted by atomic mass is 9.72. The summed E-state index contributed by atoms with van der Waals surface area (Å²) < 4.78 is 0. The van der Waals surface area contributed by atoms with Crippen molar-refractivity contribution >= 4 is 5.78 Å². The Kier molecular flexibility index (Phi) is 3.64. The van der Waals surface area contributed by atoms with Crippen LogP contribution < -0.4 is 0 Å². The van der Waals surface area contributed by atoms with Crippen molar-refractivity contribution in [3.05, 3.63) is 23.3 Å². The zero-order chi connectivity index (χ0) is 13.3. The van der Waals surface area contributed by atoms with Gasteiger partial charge in [0.05, 0.1) is 0 Å². The first-order valence-electron chi connectivity index (χ1n) is 5.83. The molecule has 0 heterocycles. The molecule has 2 heteroatoms. The number of ketones is 1. The minimum Gasteiger partial charge on any atom is -0.374 e. The summed E-state index contributed by atoms with van der Waals surface area (Å²) in [5.74, 6) is 2.48. The molecule has 17 heavy (non-hydrogen) atoms. The van der Waals surface area contributed by atoms with E-state index in [1.54, 1.807) is 19.1 Å². The van der Waals surface area contributed by atoms with Gasteiger partial charge in [0.1, 0.15) is 5.60 Å². The highest BCUT2D eigenvalue weighted by atomic mass is 16.3. The fourth-order valence-corrected chi connectivity index (χ4v) is 2.05. The Balaban J connectivity index is 3.14. The second-order valence-electron chi connectivity index (χ2n) is 5.47. The first kappa shape index (κ1) is 13.7. The number of carbonyl (C=O) groups excluding carboxylic acids is 1. The lowest BCUT2D eigenvalue weighted by Gasteiger charge is -2.32. The Morgan fingerprint density at radius 1 is 1.53 bits per heavy atom. The molecule has 0 fully saturated rings. The van der Waals surface area contributed by atoms with Gasteiger partial charge in [0, 0.05) is 6.42 Å². The van der Waals surface area contributed by atoms with Crippen LogP contribution in [-0.2, 0) is 4.79 Å². The molecule has 0 saturated heterocycles. The number of hydrogen-bond donors (Lipinski definition) is 1. The van der Waals surface area contributed by atoms with Crippen molar-refractivity contribution in [2.24, 2.45) is 5.41 Å². The number of rotatable bonds is 2. The quantitative estimate of drug-likeness (QED) is 0.743. The predicted octanol–water partition coefficient (Wildman–Crippen LogP) is 2.63. The molecule has 2 nitrogen and oxygen atoms in total. The number of aliphatic hydroxyl groups is 1. The summed E-state index contributed by atoms with van der Waals surface area (Å²) in [7, 11) is 0. The molecule has 1 aliphatic rings. The fraction of sp³-hybridized carbons (Fsp3) is 0.533. The first-order valence-corrected chi connectivity index (χ1v) is 5.83. The standard InChI is InChI=1S/C15H20O2/c1-6-15(5,17)10-7-12-11(2)13(16)8-9-14(12,3)4/h1,7,10,17H,8-9H2,2-5H3. The van der Waals surface area contributed by atoms with Gasteiger partial charge in [-0.3, -0.25) is 4.79 Å². The van der Waals surface area contributed by atoms with Gasteiger partial charge in [-0.2, -0.15) is 0 Å². The van der Waals surface area contributed by atoms with Crippen molar-refractivity contribution < 1.29 is 9.90 Å². The van der Waals surface area contributed by atoms with Crippen LogP contribution in [0.15, 0.2) is 23.3 Å². The summed E-state index contributed by atoms with van der Waals surface area (Å²) in [4.78, 5) is 11.7. The van der Waals surface area contributed by atoms with Crippen molar-refractivity contribution in [3.8, 4) is 12.3 Å². The van der Waals surface area contributed by atoms with Crippen LogP contribution in [0, 0.1) is 17.8 Å². The molecule has 1 atom stereocenters. The third-order valence-electron chi connectivity index (χ3n) is 3.40. The van der Waals surface area contributed by atoms with Crippen molar-refractivity contribution in [3.63, 3.8) is 0 Å². The lowest BCUT2D eigenvalue weighted by Crippen LogP contribution is -2.25. The molecule has 1 rings (SSSR count). The molecule has 0 spiro atoms. The van der Waals surface area contributed by atoms with E-state index in [0.717, 1.165) is 17.6 Å². The molecular formula is C15H20O2. The molecule has 92 valence electrons. The van der Waals surface area contributed by atoms with Crippen LogP contribution in [0.3, 0.4) is 0 Å². The summed E-state index contributed by atoms with van der Waals surface area (Å²) in [6.07, 6.45) is 10.0. The number of terminal acetylenes is 1. The van der Waals surface area contributed by atoms with Crippen molar-refractivity contribution in [2.45, 2.75) is 46.1 Å². The summed E-state index contributed by atoms with van der Waals surface area (Å²) >= 11 is 0. The molecule has 0 aromatic heterocycles. The average Bonchev–Trinajstić information content (AvgIpc) is 2.24. The van der Waals surface area contributed by atoms with Gasteiger partial charge in [0.15, 0.2) is 5.78 Å². The van der Waals surface area contributed by atoms with Gasteiger partial charge in [0.2, 0.25) is 0 Å². The Hall–Kier alpha value is -1.33. The minimum atomic E-state index is -1.26. The Morgan fingerprint density at radius 2 is 2.12 bits per heavy atom. The van der Waals surface area contributed by atoms with Gasteiger partial charge in [-0.05, 0) is 42.9 Å². The molecule has 0 aromatic carbocycles. The third kappa shape index (κ3) is 3.08. The van der Waals surface area contributed by atoms with Gasteiger partial charge in [-0.1, -0.05) is 25.8 Å². The molecule has 0 saturated carbocycles. The average molecular weight is 232 g/mol. The van der Waals surface area contributed by atoms with Gasteiger partial charge in [-0.25, -0.2) is 0 Å². The lowest BCUT2D eigenvalue weighted by molar-refractivity contribution is -0.116. The van der Waals surface area contributed by atoms with Gasteiger partial charge in [-0.15, -0.1) is 6.42 Å². The predicted molar refractivity (Wildman–Crippen MR) is 69.3 cm³/mol. The molecule has 0 amide bonds.